The van der Waals surface area contributed by atoms with Crippen LogP contribution in [0.5, 0.6) is 5.88 Å². The molecule has 0 aromatic carbocycles. The van der Waals surface area contributed by atoms with E-state index in [2.05, 4.69) is 10.1 Å². The van der Waals surface area contributed by atoms with Crippen molar-refractivity contribution in [2.45, 2.75) is 6.92 Å². The van der Waals surface area contributed by atoms with Gasteiger partial charge >= 0.3 is 0 Å². The standard InChI is InChI=1S/C10H10ClN3O/c1-7-8(11)6-14(13-7)9-4-3-5-10(12-9)15-2/h3-6H,1-2H3. The molecule has 2 rings (SSSR count). The lowest BCUT2D eigenvalue weighted by Gasteiger charge is -2.02. The monoisotopic (exact) mass is 223 g/mol. The maximum Gasteiger partial charge on any atom is 0.214 e. The molecule has 0 aliphatic rings. The number of aryl methyl sites for hydroxylation is 1. The van der Waals surface area contributed by atoms with Crippen molar-refractivity contribution in [1.82, 2.24) is 14.8 Å². The molecular formula is C10H10ClN3O. The van der Waals surface area contributed by atoms with E-state index in [1.54, 1.807) is 24.1 Å². The lowest BCUT2D eigenvalue weighted by Crippen LogP contribution is -1.99. The van der Waals surface area contributed by atoms with Crippen LogP contribution in [-0.4, -0.2) is 21.9 Å². The van der Waals surface area contributed by atoms with E-state index in [0.29, 0.717) is 16.7 Å². The summed E-state index contributed by atoms with van der Waals surface area (Å²) in [7, 11) is 1.58. The third-order valence-corrected chi connectivity index (χ3v) is 2.36. The number of aromatic nitrogens is 3. The number of pyridine rings is 1. The van der Waals surface area contributed by atoms with Crippen LogP contribution in [0.2, 0.25) is 5.02 Å². The van der Waals surface area contributed by atoms with E-state index < -0.39 is 0 Å². The van der Waals surface area contributed by atoms with E-state index in [1.807, 2.05) is 19.1 Å². The summed E-state index contributed by atoms with van der Waals surface area (Å²) in [6.45, 7) is 1.85. The molecular weight excluding hydrogens is 214 g/mol. The van der Waals surface area contributed by atoms with E-state index in [0.717, 1.165) is 5.69 Å². The molecule has 2 aromatic heterocycles. The lowest BCUT2D eigenvalue weighted by molar-refractivity contribution is 0.397. The zero-order valence-electron chi connectivity index (χ0n) is 8.44. The van der Waals surface area contributed by atoms with Crippen LogP contribution in [0.1, 0.15) is 5.69 Å². The van der Waals surface area contributed by atoms with Gasteiger partial charge in [-0.15, -0.1) is 0 Å². The van der Waals surface area contributed by atoms with Gasteiger partial charge < -0.3 is 4.74 Å². The Bertz CT molecular complexity index is 462. The minimum absolute atomic E-state index is 0.553. The van der Waals surface area contributed by atoms with Crippen molar-refractivity contribution in [3.63, 3.8) is 0 Å². The molecule has 0 fully saturated rings. The summed E-state index contributed by atoms with van der Waals surface area (Å²) in [6, 6.07) is 5.47. The first-order valence-corrected chi connectivity index (χ1v) is 4.81. The Labute approximate surface area is 92.5 Å². The molecule has 0 unspecified atom stereocenters. The van der Waals surface area contributed by atoms with Gasteiger partial charge in [-0.05, 0) is 13.0 Å². The molecule has 0 radical (unpaired) electrons. The fourth-order valence-electron chi connectivity index (χ4n) is 1.20. The number of rotatable bonds is 2. The van der Waals surface area contributed by atoms with Crippen LogP contribution in [0.15, 0.2) is 24.4 Å². The van der Waals surface area contributed by atoms with E-state index in [9.17, 15) is 0 Å². The summed E-state index contributed by atoms with van der Waals surface area (Å²) >= 11 is 5.91. The highest BCUT2D eigenvalue weighted by molar-refractivity contribution is 6.31. The van der Waals surface area contributed by atoms with Gasteiger partial charge in [0, 0.05) is 6.07 Å². The summed E-state index contributed by atoms with van der Waals surface area (Å²) in [5.41, 5.74) is 0.779. The second kappa shape index (κ2) is 3.90. The molecule has 2 heterocycles. The third-order valence-electron chi connectivity index (χ3n) is 1.99. The number of methoxy groups -OCH3 is 1. The summed E-state index contributed by atoms with van der Waals surface area (Å²) in [4.78, 5) is 4.24. The number of nitrogens with zero attached hydrogens (tertiary/aromatic N) is 3. The number of hydrogen-bond acceptors (Lipinski definition) is 3. The quantitative estimate of drug-likeness (QED) is 0.784. The number of hydrogen-bond donors (Lipinski definition) is 0. The smallest absolute Gasteiger partial charge is 0.214 e. The first-order valence-electron chi connectivity index (χ1n) is 4.44. The van der Waals surface area contributed by atoms with Crippen molar-refractivity contribution in [2.75, 3.05) is 7.11 Å². The van der Waals surface area contributed by atoms with Gasteiger partial charge in [-0.2, -0.15) is 10.1 Å². The second-order valence-electron chi connectivity index (χ2n) is 3.05. The van der Waals surface area contributed by atoms with Gasteiger partial charge in [0.1, 0.15) is 0 Å². The Balaban J connectivity index is 2.44. The zero-order valence-corrected chi connectivity index (χ0v) is 9.19. The molecule has 0 bridgehead atoms. The molecule has 0 spiro atoms. The molecule has 0 aliphatic heterocycles. The largest absolute Gasteiger partial charge is 0.481 e. The van der Waals surface area contributed by atoms with Crippen LogP contribution in [0, 0.1) is 6.92 Å². The van der Waals surface area contributed by atoms with Crippen LogP contribution in [0.3, 0.4) is 0 Å². The number of ether oxygens (including phenoxy) is 1. The van der Waals surface area contributed by atoms with Crippen molar-refractivity contribution < 1.29 is 4.74 Å². The van der Waals surface area contributed by atoms with Crippen molar-refractivity contribution in [2.24, 2.45) is 0 Å². The van der Waals surface area contributed by atoms with Crippen molar-refractivity contribution in [3.05, 3.63) is 35.1 Å². The minimum atomic E-state index is 0.553. The predicted molar refractivity (Wildman–Crippen MR) is 57.7 cm³/mol. The maximum absolute atomic E-state index is 5.91. The summed E-state index contributed by atoms with van der Waals surface area (Å²) in [6.07, 6.45) is 1.72. The summed E-state index contributed by atoms with van der Waals surface area (Å²) in [5, 5.41) is 4.85. The SMILES string of the molecule is COc1cccc(-n2cc(Cl)c(C)n2)n1. The average molecular weight is 224 g/mol. The van der Waals surface area contributed by atoms with Gasteiger partial charge in [0.2, 0.25) is 5.88 Å². The third kappa shape index (κ3) is 1.94. The van der Waals surface area contributed by atoms with Crippen LogP contribution in [0.25, 0.3) is 5.82 Å². The molecule has 15 heavy (non-hydrogen) atoms. The van der Waals surface area contributed by atoms with Crippen LogP contribution in [-0.2, 0) is 0 Å². The Morgan fingerprint density at radius 3 is 2.80 bits per heavy atom. The zero-order chi connectivity index (χ0) is 10.8. The Kier molecular flexibility index (Phi) is 2.60. The molecule has 4 nitrogen and oxygen atoms in total. The van der Waals surface area contributed by atoms with Gasteiger partial charge in [0.05, 0.1) is 24.0 Å². The molecule has 0 aliphatic carbocycles. The maximum atomic E-state index is 5.91. The average Bonchev–Trinajstić information content (AvgIpc) is 2.59. The van der Waals surface area contributed by atoms with Gasteiger partial charge in [-0.3, -0.25) is 0 Å². The van der Waals surface area contributed by atoms with Crippen molar-refractivity contribution in [3.8, 4) is 11.7 Å². The Morgan fingerprint density at radius 1 is 1.40 bits per heavy atom. The van der Waals surface area contributed by atoms with Gasteiger partial charge in [-0.1, -0.05) is 17.7 Å². The molecule has 0 saturated carbocycles. The first kappa shape index (κ1) is 9.98. The fourth-order valence-corrected chi connectivity index (χ4v) is 1.33. The van der Waals surface area contributed by atoms with Crippen LogP contribution in [0.4, 0.5) is 0 Å². The van der Waals surface area contributed by atoms with E-state index in [1.165, 1.54) is 0 Å². The molecule has 5 heteroatoms. The molecule has 0 atom stereocenters. The van der Waals surface area contributed by atoms with Crippen LogP contribution < -0.4 is 4.74 Å². The predicted octanol–water partition coefficient (Wildman–Crippen LogP) is 2.24. The molecule has 0 N–H and O–H groups in total. The topological polar surface area (TPSA) is 39.9 Å². The first-order chi connectivity index (χ1) is 7.20. The van der Waals surface area contributed by atoms with E-state index in [-0.39, 0.29) is 0 Å². The Hall–Kier alpha value is -1.55. The molecule has 0 amide bonds. The lowest BCUT2D eigenvalue weighted by atomic mass is 10.4. The van der Waals surface area contributed by atoms with Gasteiger partial charge in [0.15, 0.2) is 5.82 Å². The van der Waals surface area contributed by atoms with Crippen LogP contribution >= 0.6 is 11.6 Å². The summed E-state index contributed by atoms with van der Waals surface area (Å²) < 4.78 is 6.65. The van der Waals surface area contributed by atoms with E-state index >= 15 is 0 Å². The highest BCUT2D eigenvalue weighted by atomic mass is 35.5. The molecule has 78 valence electrons. The van der Waals surface area contributed by atoms with Gasteiger partial charge in [-0.25, -0.2) is 4.68 Å². The highest BCUT2D eigenvalue weighted by Crippen LogP contribution is 2.16. The fraction of sp³-hybridized carbons (Fsp3) is 0.200. The van der Waals surface area contributed by atoms with Crippen molar-refractivity contribution >= 4 is 11.6 Å². The highest BCUT2D eigenvalue weighted by Gasteiger charge is 2.05. The minimum Gasteiger partial charge on any atom is -0.481 e. The van der Waals surface area contributed by atoms with Crippen molar-refractivity contribution in [1.29, 1.82) is 0 Å². The molecule has 0 saturated heterocycles. The van der Waals surface area contributed by atoms with E-state index in [4.69, 9.17) is 16.3 Å². The number of halogens is 1. The second-order valence-corrected chi connectivity index (χ2v) is 3.45. The normalized spacial score (nSPS) is 10.3. The molecule has 2 aromatic rings. The van der Waals surface area contributed by atoms with Gasteiger partial charge in [0.25, 0.3) is 0 Å². The Morgan fingerprint density at radius 2 is 2.20 bits per heavy atom. The summed E-state index contributed by atoms with van der Waals surface area (Å²) in [5.74, 6) is 1.24.